The summed E-state index contributed by atoms with van der Waals surface area (Å²) in [5.74, 6) is 0.746. The highest BCUT2D eigenvalue weighted by Crippen LogP contribution is 2.20. The Balaban J connectivity index is 2.47. The molecule has 0 bridgehead atoms. The molecule has 88 valence electrons. The molecule has 4 heteroatoms. The number of likely N-dealkylation sites (N-methyl/N-ethyl adjacent to an activating group) is 1. The number of rotatable bonds is 3. The highest BCUT2D eigenvalue weighted by molar-refractivity contribution is 5.77. The van der Waals surface area contributed by atoms with E-state index in [-0.39, 0.29) is 5.91 Å². The van der Waals surface area contributed by atoms with Crippen molar-refractivity contribution in [3.05, 3.63) is 0 Å². The van der Waals surface area contributed by atoms with Crippen LogP contribution in [-0.4, -0.2) is 55.5 Å². The minimum absolute atomic E-state index is 0.180. The molecule has 1 rings (SSSR count). The van der Waals surface area contributed by atoms with Gasteiger partial charge in [0.05, 0.1) is 6.54 Å². The number of carbonyl (C=O) groups is 1. The Labute approximate surface area is 92.4 Å². The van der Waals surface area contributed by atoms with E-state index in [0.29, 0.717) is 18.5 Å². The summed E-state index contributed by atoms with van der Waals surface area (Å²) in [6.07, 6.45) is 2.35. The molecule has 2 unspecified atom stereocenters. The highest BCUT2D eigenvalue weighted by Gasteiger charge is 2.26. The molecular formula is C11H23N3O. The van der Waals surface area contributed by atoms with E-state index in [1.165, 1.54) is 6.42 Å². The third-order valence-electron chi connectivity index (χ3n) is 3.28. The molecule has 0 aromatic heterocycles. The number of nitrogens with zero attached hydrogens (tertiary/aromatic N) is 2. The summed E-state index contributed by atoms with van der Waals surface area (Å²) < 4.78 is 0. The SMILES string of the molecule is CC1CCC(CN)CN1CC(=O)N(C)C. The molecule has 0 aliphatic carbocycles. The summed E-state index contributed by atoms with van der Waals surface area (Å²) in [5, 5.41) is 0. The third kappa shape index (κ3) is 3.47. The van der Waals surface area contributed by atoms with Crippen molar-refractivity contribution in [2.24, 2.45) is 11.7 Å². The fraction of sp³-hybridized carbons (Fsp3) is 0.909. The van der Waals surface area contributed by atoms with Crippen LogP contribution < -0.4 is 5.73 Å². The molecule has 0 spiro atoms. The second kappa shape index (κ2) is 5.47. The summed E-state index contributed by atoms with van der Waals surface area (Å²) in [6, 6.07) is 0.511. The maximum atomic E-state index is 11.6. The van der Waals surface area contributed by atoms with Gasteiger partial charge in [0.15, 0.2) is 0 Å². The molecule has 1 aliphatic heterocycles. The number of nitrogens with two attached hydrogens (primary N) is 1. The predicted octanol–water partition coefficient (Wildman–Crippen LogP) is 0.134. The van der Waals surface area contributed by atoms with Gasteiger partial charge in [-0.3, -0.25) is 9.69 Å². The monoisotopic (exact) mass is 213 g/mol. The van der Waals surface area contributed by atoms with Gasteiger partial charge in [0.25, 0.3) is 0 Å². The number of amides is 1. The van der Waals surface area contributed by atoms with Crippen LogP contribution in [0.4, 0.5) is 0 Å². The Morgan fingerprint density at radius 3 is 2.67 bits per heavy atom. The van der Waals surface area contributed by atoms with E-state index in [1.54, 1.807) is 19.0 Å². The molecular weight excluding hydrogens is 190 g/mol. The first kappa shape index (κ1) is 12.5. The second-order valence-electron chi connectivity index (χ2n) is 4.75. The minimum atomic E-state index is 0.180. The lowest BCUT2D eigenvalue weighted by atomic mass is 9.93. The van der Waals surface area contributed by atoms with Gasteiger partial charge in [-0.15, -0.1) is 0 Å². The lowest BCUT2D eigenvalue weighted by Gasteiger charge is -2.37. The van der Waals surface area contributed by atoms with Crippen LogP contribution in [0.3, 0.4) is 0 Å². The Kier molecular flexibility index (Phi) is 4.54. The van der Waals surface area contributed by atoms with E-state index in [1.807, 2.05) is 0 Å². The van der Waals surface area contributed by atoms with Gasteiger partial charge < -0.3 is 10.6 Å². The van der Waals surface area contributed by atoms with E-state index in [0.717, 1.165) is 19.5 Å². The number of hydrogen-bond donors (Lipinski definition) is 1. The second-order valence-corrected chi connectivity index (χ2v) is 4.75. The minimum Gasteiger partial charge on any atom is -0.348 e. The van der Waals surface area contributed by atoms with Crippen molar-refractivity contribution in [1.29, 1.82) is 0 Å². The van der Waals surface area contributed by atoms with Crippen molar-refractivity contribution in [2.45, 2.75) is 25.8 Å². The molecule has 0 saturated carbocycles. The maximum Gasteiger partial charge on any atom is 0.236 e. The van der Waals surface area contributed by atoms with E-state index in [4.69, 9.17) is 5.73 Å². The number of carbonyl (C=O) groups excluding carboxylic acids is 1. The van der Waals surface area contributed by atoms with Crippen LogP contribution in [-0.2, 0) is 4.79 Å². The van der Waals surface area contributed by atoms with Crippen molar-refractivity contribution < 1.29 is 4.79 Å². The fourth-order valence-electron chi connectivity index (χ4n) is 1.99. The third-order valence-corrected chi connectivity index (χ3v) is 3.28. The molecule has 1 saturated heterocycles. The van der Waals surface area contributed by atoms with E-state index in [2.05, 4.69) is 11.8 Å². The molecule has 0 radical (unpaired) electrons. The summed E-state index contributed by atoms with van der Waals surface area (Å²) >= 11 is 0. The van der Waals surface area contributed by atoms with Crippen molar-refractivity contribution in [2.75, 3.05) is 33.7 Å². The first-order chi connectivity index (χ1) is 7.04. The highest BCUT2D eigenvalue weighted by atomic mass is 16.2. The van der Waals surface area contributed by atoms with E-state index >= 15 is 0 Å². The van der Waals surface area contributed by atoms with E-state index in [9.17, 15) is 4.79 Å². The molecule has 1 amide bonds. The van der Waals surface area contributed by atoms with Crippen molar-refractivity contribution in [3.63, 3.8) is 0 Å². The molecule has 4 nitrogen and oxygen atoms in total. The molecule has 1 heterocycles. The van der Waals surface area contributed by atoms with Gasteiger partial charge >= 0.3 is 0 Å². The summed E-state index contributed by atoms with van der Waals surface area (Å²) in [6.45, 7) is 4.43. The maximum absolute atomic E-state index is 11.6. The van der Waals surface area contributed by atoms with Crippen LogP contribution in [0.1, 0.15) is 19.8 Å². The number of piperidine rings is 1. The van der Waals surface area contributed by atoms with Gasteiger partial charge in [0.1, 0.15) is 0 Å². The standard InChI is InChI=1S/C11H23N3O/c1-9-4-5-10(6-12)7-14(9)8-11(15)13(2)3/h9-10H,4-8,12H2,1-3H3. The van der Waals surface area contributed by atoms with Gasteiger partial charge in [-0.2, -0.15) is 0 Å². The van der Waals surface area contributed by atoms with Gasteiger partial charge in [-0.25, -0.2) is 0 Å². The Bertz CT molecular complexity index is 218. The Morgan fingerprint density at radius 2 is 2.13 bits per heavy atom. The van der Waals surface area contributed by atoms with Crippen LogP contribution in [0, 0.1) is 5.92 Å². The Hall–Kier alpha value is -0.610. The predicted molar refractivity (Wildman–Crippen MR) is 61.5 cm³/mol. The van der Waals surface area contributed by atoms with Crippen molar-refractivity contribution in [1.82, 2.24) is 9.80 Å². The number of likely N-dealkylation sites (tertiary alicyclic amines) is 1. The molecule has 1 fully saturated rings. The zero-order valence-electron chi connectivity index (χ0n) is 10.1. The zero-order valence-corrected chi connectivity index (χ0v) is 10.1. The topological polar surface area (TPSA) is 49.6 Å². The Morgan fingerprint density at radius 1 is 1.47 bits per heavy atom. The van der Waals surface area contributed by atoms with Crippen LogP contribution in [0.5, 0.6) is 0 Å². The lowest BCUT2D eigenvalue weighted by Crippen LogP contribution is -2.48. The summed E-state index contributed by atoms with van der Waals surface area (Å²) in [4.78, 5) is 15.5. The normalized spacial score (nSPS) is 27.7. The first-order valence-electron chi connectivity index (χ1n) is 5.68. The largest absolute Gasteiger partial charge is 0.348 e. The van der Waals surface area contributed by atoms with Gasteiger partial charge in [0, 0.05) is 26.7 Å². The van der Waals surface area contributed by atoms with Crippen LogP contribution in [0.15, 0.2) is 0 Å². The van der Waals surface area contributed by atoms with Gasteiger partial charge in [0.2, 0.25) is 5.91 Å². The van der Waals surface area contributed by atoms with Gasteiger partial charge in [-0.05, 0) is 32.2 Å². The first-order valence-corrected chi connectivity index (χ1v) is 5.68. The quantitative estimate of drug-likeness (QED) is 0.725. The number of hydrogen-bond acceptors (Lipinski definition) is 3. The van der Waals surface area contributed by atoms with Crippen LogP contribution in [0.2, 0.25) is 0 Å². The van der Waals surface area contributed by atoms with E-state index < -0.39 is 0 Å². The smallest absolute Gasteiger partial charge is 0.236 e. The van der Waals surface area contributed by atoms with Gasteiger partial charge in [-0.1, -0.05) is 0 Å². The summed E-state index contributed by atoms with van der Waals surface area (Å²) in [7, 11) is 3.61. The molecule has 2 atom stereocenters. The molecule has 1 aliphatic rings. The summed E-state index contributed by atoms with van der Waals surface area (Å²) in [5.41, 5.74) is 5.68. The lowest BCUT2D eigenvalue weighted by molar-refractivity contribution is -0.131. The average molecular weight is 213 g/mol. The van der Waals surface area contributed by atoms with Crippen LogP contribution in [0.25, 0.3) is 0 Å². The van der Waals surface area contributed by atoms with Crippen molar-refractivity contribution >= 4 is 5.91 Å². The molecule has 0 aromatic carbocycles. The van der Waals surface area contributed by atoms with Crippen molar-refractivity contribution in [3.8, 4) is 0 Å². The fourth-order valence-corrected chi connectivity index (χ4v) is 1.99. The molecule has 0 aromatic rings. The molecule has 15 heavy (non-hydrogen) atoms. The zero-order chi connectivity index (χ0) is 11.4. The average Bonchev–Trinajstić information content (AvgIpc) is 2.21. The molecule has 2 N–H and O–H groups in total. The van der Waals surface area contributed by atoms with Crippen LogP contribution >= 0.6 is 0 Å².